The lowest BCUT2D eigenvalue weighted by molar-refractivity contribution is 0.228. The van der Waals surface area contributed by atoms with Gasteiger partial charge >= 0.3 is 0 Å². The molecule has 2 N–H and O–H groups in total. The molecule has 2 nitrogen and oxygen atoms in total. The molecule has 12 heavy (non-hydrogen) atoms. The SMILES string of the molecule is CSCCCC(CO)NC(C)C. The molecule has 0 bridgehead atoms. The molecule has 0 saturated heterocycles. The Bertz CT molecular complexity index is 98.5. The average molecular weight is 191 g/mol. The van der Waals surface area contributed by atoms with Crippen molar-refractivity contribution in [3.05, 3.63) is 0 Å². The molecule has 0 aliphatic rings. The molecule has 0 radical (unpaired) electrons. The molecule has 0 aliphatic heterocycles. The van der Waals surface area contributed by atoms with Gasteiger partial charge in [-0.15, -0.1) is 0 Å². The minimum Gasteiger partial charge on any atom is -0.395 e. The molecule has 0 rings (SSSR count). The number of thioether (sulfide) groups is 1. The molecule has 0 aromatic rings. The number of nitrogens with one attached hydrogen (secondary N) is 1. The van der Waals surface area contributed by atoms with E-state index >= 15 is 0 Å². The topological polar surface area (TPSA) is 32.3 Å². The van der Waals surface area contributed by atoms with Crippen molar-refractivity contribution >= 4 is 11.8 Å². The number of aliphatic hydroxyl groups is 1. The van der Waals surface area contributed by atoms with E-state index in [0.29, 0.717) is 6.04 Å². The first-order valence-corrected chi connectivity index (χ1v) is 5.96. The molecule has 0 aliphatic carbocycles. The molecule has 0 spiro atoms. The van der Waals surface area contributed by atoms with Crippen molar-refractivity contribution < 1.29 is 5.11 Å². The number of aliphatic hydroxyl groups excluding tert-OH is 1. The third-order valence-corrected chi connectivity index (χ3v) is 2.39. The van der Waals surface area contributed by atoms with Gasteiger partial charge in [0.05, 0.1) is 6.61 Å². The van der Waals surface area contributed by atoms with Crippen LogP contribution < -0.4 is 5.32 Å². The van der Waals surface area contributed by atoms with Gasteiger partial charge in [0, 0.05) is 12.1 Å². The number of hydrogen-bond donors (Lipinski definition) is 2. The van der Waals surface area contributed by atoms with Crippen LogP contribution in [0.1, 0.15) is 26.7 Å². The van der Waals surface area contributed by atoms with Gasteiger partial charge in [-0.3, -0.25) is 0 Å². The summed E-state index contributed by atoms with van der Waals surface area (Å²) in [5.74, 6) is 1.19. The highest BCUT2D eigenvalue weighted by atomic mass is 32.2. The summed E-state index contributed by atoms with van der Waals surface area (Å²) in [6.45, 7) is 4.47. The zero-order valence-corrected chi connectivity index (χ0v) is 9.16. The van der Waals surface area contributed by atoms with Crippen LogP contribution in [-0.2, 0) is 0 Å². The van der Waals surface area contributed by atoms with Crippen LogP contribution in [0.5, 0.6) is 0 Å². The third kappa shape index (κ3) is 6.95. The van der Waals surface area contributed by atoms with Crippen LogP contribution >= 0.6 is 11.8 Å². The molecular formula is C9H21NOS. The molecule has 0 fully saturated rings. The first-order valence-electron chi connectivity index (χ1n) is 4.56. The van der Waals surface area contributed by atoms with Crippen molar-refractivity contribution in [2.75, 3.05) is 18.6 Å². The van der Waals surface area contributed by atoms with Gasteiger partial charge in [-0.2, -0.15) is 11.8 Å². The van der Waals surface area contributed by atoms with Gasteiger partial charge in [0.1, 0.15) is 0 Å². The van der Waals surface area contributed by atoms with E-state index in [1.165, 1.54) is 12.2 Å². The average Bonchev–Trinajstić information content (AvgIpc) is 2.02. The second kappa shape index (κ2) is 7.90. The lowest BCUT2D eigenvalue weighted by Crippen LogP contribution is -2.37. The fraction of sp³-hybridized carbons (Fsp3) is 1.00. The van der Waals surface area contributed by atoms with Crippen molar-refractivity contribution in [2.45, 2.75) is 38.8 Å². The molecule has 0 aromatic heterocycles. The van der Waals surface area contributed by atoms with E-state index in [4.69, 9.17) is 5.11 Å². The van der Waals surface area contributed by atoms with Crippen LogP contribution in [0, 0.1) is 0 Å². The molecular weight excluding hydrogens is 170 g/mol. The van der Waals surface area contributed by atoms with Crippen LogP contribution in [-0.4, -0.2) is 35.8 Å². The summed E-state index contributed by atoms with van der Waals surface area (Å²) in [6.07, 6.45) is 4.38. The standard InChI is InChI=1S/C9H21NOS/c1-8(2)10-9(7-11)5-4-6-12-3/h8-11H,4-7H2,1-3H3. The molecule has 1 atom stereocenters. The number of rotatable bonds is 7. The second-order valence-corrected chi connectivity index (χ2v) is 4.32. The molecule has 0 amide bonds. The summed E-state index contributed by atoms with van der Waals surface area (Å²) in [4.78, 5) is 0. The highest BCUT2D eigenvalue weighted by molar-refractivity contribution is 7.98. The Kier molecular flexibility index (Phi) is 8.07. The molecule has 3 heteroatoms. The fourth-order valence-corrected chi connectivity index (χ4v) is 1.63. The number of hydrogen-bond acceptors (Lipinski definition) is 3. The molecule has 74 valence electrons. The minimum atomic E-state index is 0.257. The summed E-state index contributed by atoms with van der Waals surface area (Å²) in [5, 5.41) is 12.3. The highest BCUT2D eigenvalue weighted by Gasteiger charge is 2.06. The van der Waals surface area contributed by atoms with Gasteiger partial charge in [0.15, 0.2) is 0 Å². The monoisotopic (exact) mass is 191 g/mol. The molecule has 0 heterocycles. The minimum absolute atomic E-state index is 0.257. The first-order chi connectivity index (χ1) is 5.70. The maximum atomic E-state index is 9.00. The van der Waals surface area contributed by atoms with Crippen molar-refractivity contribution in [1.82, 2.24) is 5.32 Å². The van der Waals surface area contributed by atoms with E-state index in [2.05, 4.69) is 25.4 Å². The zero-order valence-electron chi connectivity index (χ0n) is 8.34. The predicted octanol–water partition coefficient (Wildman–Crippen LogP) is 1.49. The normalized spacial score (nSPS) is 13.8. The fourth-order valence-electron chi connectivity index (χ4n) is 1.17. The Balaban J connectivity index is 3.39. The van der Waals surface area contributed by atoms with Crippen LogP contribution in [0.4, 0.5) is 0 Å². The highest BCUT2D eigenvalue weighted by Crippen LogP contribution is 2.03. The maximum Gasteiger partial charge on any atom is 0.0584 e. The maximum absolute atomic E-state index is 9.00. The summed E-state index contributed by atoms with van der Waals surface area (Å²) in [7, 11) is 0. The van der Waals surface area contributed by atoms with Crippen LogP contribution in [0.2, 0.25) is 0 Å². The van der Waals surface area contributed by atoms with E-state index < -0.39 is 0 Å². The Morgan fingerprint density at radius 2 is 2.08 bits per heavy atom. The quantitative estimate of drug-likeness (QED) is 0.598. The van der Waals surface area contributed by atoms with Gasteiger partial charge in [0.2, 0.25) is 0 Å². The van der Waals surface area contributed by atoms with Gasteiger partial charge in [-0.05, 0) is 24.9 Å². The predicted molar refractivity (Wildman–Crippen MR) is 56.8 cm³/mol. The smallest absolute Gasteiger partial charge is 0.0584 e. The van der Waals surface area contributed by atoms with E-state index in [9.17, 15) is 0 Å². The van der Waals surface area contributed by atoms with Crippen LogP contribution in [0.3, 0.4) is 0 Å². The van der Waals surface area contributed by atoms with Crippen molar-refractivity contribution in [3.63, 3.8) is 0 Å². The molecule has 1 unspecified atom stereocenters. The Morgan fingerprint density at radius 1 is 1.42 bits per heavy atom. The summed E-state index contributed by atoms with van der Waals surface area (Å²) in [6, 6.07) is 0.758. The van der Waals surface area contributed by atoms with E-state index in [1.807, 2.05) is 11.8 Å². The van der Waals surface area contributed by atoms with Gasteiger partial charge in [-0.1, -0.05) is 13.8 Å². The van der Waals surface area contributed by atoms with E-state index in [1.54, 1.807) is 0 Å². The third-order valence-electron chi connectivity index (χ3n) is 1.69. The van der Waals surface area contributed by atoms with Crippen LogP contribution in [0.15, 0.2) is 0 Å². The van der Waals surface area contributed by atoms with E-state index in [0.717, 1.165) is 6.42 Å². The van der Waals surface area contributed by atoms with E-state index in [-0.39, 0.29) is 12.6 Å². The van der Waals surface area contributed by atoms with Gasteiger partial charge in [0.25, 0.3) is 0 Å². The summed E-state index contributed by atoms with van der Waals surface area (Å²) in [5.41, 5.74) is 0. The zero-order chi connectivity index (χ0) is 9.40. The first kappa shape index (κ1) is 12.3. The summed E-state index contributed by atoms with van der Waals surface area (Å²) >= 11 is 1.86. The Morgan fingerprint density at radius 3 is 2.50 bits per heavy atom. The lowest BCUT2D eigenvalue weighted by atomic mass is 10.1. The van der Waals surface area contributed by atoms with Crippen molar-refractivity contribution in [2.24, 2.45) is 0 Å². The Hall–Kier alpha value is 0.270. The summed E-state index contributed by atoms with van der Waals surface area (Å²) < 4.78 is 0. The van der Waals surface area contributed by atoms with Gasteiger partial charge in [-0.25, -0.2) is 0 Å². The van der Waals surface area contributed by atoms with Crippen molar-refractivity contribution in [3.8, 4) is 0 Å². The molecule has 0 saturated carbocycles. The molecule has 0 aromatic carbocycles. The van der Waals surface area contributed by atoms with Crippen molar-refractivity contribution in [1.29, 1.82) is 0 Å². The largest absolute Gasteiger partial charge is 0.395 e. The van der Waals surface area contributed by atoms with Gasteiger partial charge < -0.3 is 10.4 Å². The lowest BCUT2D eigenvalue weighted by Gasteiger charge is -2.18. The second-order valence-electron chi connectivity index (χ2n) is 3.34. The van der Waals surface area contributed by atoms with Crippen LogP contribution in [0.25, 0.3) is 0 Å². The Labute approximate surface area is 80.1 Å².